The van der Waals surface area contributed by atoms with Crippen molar-refractivity contribution in [1.29, 1.82) is 0 Å². The number of benzene rings is 1. The van der Waals surface area contributed by atoms with Crippen LogP contribution in [0.1, 0.15) is 30.5 Å². The summed E-state index contributed by atoms with van der Waals surface area (Å²) < 4.78 is 10.7. The van der Waals surface area contributed by atoms with Gasteiger partial charge in [0.25, 0.3) is 11.7 Å². The first-order valence-electron chi connectivity index (χ1n) is 9.49. The van der Waals surface area contributed by atoms with Gasteiger partial charge in [0.15, 0.2) is 0 Å². The summed E-state index contributed by atoms with van der Waals surface area (Å²) in [5.74, 6) is -1.05. The molecule has 152 valence electrons. The van der Waals surface area contributed by atoms with Gasteiger partial charge in [-0.25, -0.2) is 0 Å². The number of aliphatic hydroxyl groups is 1. The molecule has 1 aliphatic heterocycles. The van der Waals surface area contributed by atoms with Crippen LogP contribution in [0, 0.1) is 0 Å². The number of aliphatic hydroxyl groups excluding tert-OH is 1. The Hall–Kier alpha value is -3.19. The third-order valence-electron chi connectivity index (χ3n) is 4.66. The highest BCUT2D eigenvalue weighted by atomic mass is 16.5. The molecule has 1 fully saturated rings. The van der Waals surface area contributed by atoms with Crippen LogP contribution in [0.2, 0.25) is 0 Å². The molecule has 0 radical (unpaired) electrons. The molecule has 7 heteroatoms. The number of rotatable bonds is 8. The highest BCUT2D eigenvalue weighted by molar-refractivity contribution is 6.46. The number of pyridine rings is 1. The van der Waals surface area contributed by atoms with Gasteiger partial charge in [-0.2, -0.15) is 0 Å². The van der Waals surface area contributed by atoms with E-state index in [-0.39, 0.29) is 24.5 Å². The number of nitrogens with zero attached hydrogens (tertiary/aromatic N) is 2. The standard InChI is InChI=1S/C22H24N2O5/c1-3-11-29-17-8-4-6-15(13-17)20(25)18-19(16-7-5-9-23-14-16)24(10-12-28-2)22(27)21(18)26/h4-9,13-14,19,25H,3,10-12H2,1-2H3/b20-18-. The lowest BCUT2D eigenvalue weighted by atomic mass is 9.96. The van der Waals surface area contributed by atoms with Crippen molar-refractivity contribution in [3.8, 4) is 5.75 Å². The van der Waals surface area contributed by atoms with E-state index in [0.717, 1.165) is 6.42 Å². The predicted molar refractivity (Wildman–Crippen MR) is 107 cm³/mol. The largest absolute Gasteiger partial charge is 0.507 e. The number of ketones is 1. The molecule has 0 saturated carbocycles. The van der Waals surface area contributed by atoms with E-state index in [9.17, 15) is 14.7 Å². The van der Waals surface area contributed by atoms with Gasteiger partial charge in [-0.05, 0) is 30.2 Å². The van der Waals surface area contributed by atoms with Gasteiger partial charge in [0.2, 0.25) is 0 Å². The van der Waals surface area contributed by atoms with Crippen molar-refractivity contribution in [1.82, 2.24) is 9.88 Å². The zero-order chi connectivity index (χ0) is 20.8. The number of hydrogen-bond acceptors (Lipinski definition) is 6. The van der Waals surface area contributed by atoms with Crippen molar-refractivity contribution < 1.29 is 24.2 Å². The van der Waals surface area contributed by atoms with Crippen LogP contribution in [-0.4, -0.2) is 53.5 Å². The van der Waals surface area contributed by atoms with Crippen LogP contribution in [0.3, 0.4) is 0 Å². The molecule has 29 heavy (non-hydrogen) atoms. The van der Waals surface area contributed by atoms with E-state index in [4.69, 9.17) is 9.47 Å². The quantitative estimate of drug-likeness (QED) is 0.419. The maximum Gasteiger partial charge on any atom is 0.295 e. The van der Waals surface area contributed by atoms with E-state index >= 15 is 0 Å². The van der Waals surface area contributed by atoms with Gasteiger partial charge in [0.05, 0.1) is 24.8 Å². The molecule has 1 aliphatic rings. The Kier molecular flexibility index (Phi) is 6.61. The molecule has 0 aliphatic carbocycles. The maximum atomic E-state index is 12.8. The number of likely N-dealkylation sites (tertiary alicyclic amines) is 1. The zero-order valence-corrected chi connectivity index (χ0v) is 16.5. The Morgan fingerprint density at radius 1 is 1.21 bits per heavy atom. The molecular weight excluding hydrogens is 372 g/mol. The van der Waals surface area contributed by atoms with Crippen molar-refractivity contribution in [3.63, 3.8) is 0 Å². The van der Waals surface area contributed by atoms with E-state index in [1.54, 1.807) is 48.8 Å². The molecule has 1 aromatic carbocycles. The molecule has 7 nitrogen and oxygen atoms in total. The summed E-state index contributed by atoms with van der Waals surface area (Å²) in [5, 5.41) is 11.0. The zero-order valence-electron chi connectivity index (χ0n) is 16.5. The van der Waals surface area contributed by atoms with E-state index in [1.165, 1.54) is 12.0 Å². The van der Waals surface area contributed by atoms with E-state index in [2.05, 4.69) is 4.98 Å². The van der Waals surface area contributed by atoms with Gasteiger partial charge < -0.3 is 19.5 Å². The highest BCUT2D eigenvalue weighted by Gasteiger charge is 2.45. The van der Waals surface area contributed by atoms with E-state index in [1.807, 2.05) is 6.92 Å². The minimum atomic E-state index is -0.737. The Labute approximate surface area is 169 Å². The molecule has 1 atom stereocenters. The third kappa shape index (κ3) is 4.30. The van der Waals surface area contributed by atoms with E-state index < -0.39 is 17.7 Å². The molecule has 1 aromatic heterocycles. The van der Waals surface area contributed by atoms with E-state index in [0.29, 0.717) is 23.5 Å². The Balaban J connectivity index is 2.08. The number of carbonyl (C=O) groups excluding carboxylic acids is 2. The number of carbonyl (C=O) groups is 2. The van der Waals surface area contributed by atoms with Crippen molar-refractivity contribution in [2.24, 2.45) is 0 Å². The molecule has 1 saturated heterocycles. The highest BCUT2D eigenvalue weighted by Crippen LogP contribution is 2.39. The number of aromatic nitrogens is 1. The van der Waals surface area contributed by atoms with Gasteiger partial charge in [-0.15, -0.1) is 0 Å². The number of ether oxygens (including phenoxy) is 2. The Bertz CT molecular complexity index is 910. The average molecular weight is 396 g/mol. The molecule has 2 aromatic rings. The summed E-state index contributed by atoms with van der Waals surface area (Å²) in [7, 11) is 1.53. The lowest BCUT2D eigenvalue weighted by molar-refractivity contribution is -0.140. The van der Waals surface area contributed by atoms with Gasteiger partial charge in [0.1, 0.15) is 11.5 Å². The summed E-state index contributed by atoms with van der Waals surface area (Å²) in [5.41, 5.74) is 1.09. The molecule has 0 spiro atoms. The monoisotopic (exact) mass is 396 g/mol. The van der Waals surface area contributed by atoms with Gasteiger partial charge in [-0.3, -0.25) is 14.6 Å². The average Bonchev–Trinajstić information content (AvgIpc) is 3.01. The van der Waals surface area contributed by atoms with Crippen LogP contribution in [0.25, 0.3) is 5.76 Å². The summed E-state index contributed by atoms with van der Waals surface area (Å²) in [6, 6.07) is 9.62. The molecular formula is C22H24N2O5. The fourth-order valence-corrected chi connectivity index (χ4v) is 3.29. The first kappa shape index (κ1) is 20.5. The molecule has 3 rings (SSSR count). The van der Waals surface area contributed by atoms with Crippen LogP contribution >= 0.6 is 0 Å². The molecule has 2 heterocycles. The molecule has 0 bridgehead atoms. The normalized spacial score (nSPS) is 18.3. The predicted octanol–water partition coefficient (Wildman–Crippen LogP) is 2.94. The lowest BCUT2D eigenvalue weighted by Gasteiger charge is -2.24. The first-order chi connectivity index (χ1) is 14.1. The van der Waals surface area contributed by atoms with Crippen LogP contribution < -0.4 is 4.74 Å². The molecule has 1 amide bonds. The number of methoxy groups -OCH3 is 1. The van der Waals surface area contributed by atoms with Crippen molar-refractivity contribution >= 4 is 17.4 Å². The number of Topliss-reactive ketones (excluding diaryl/α,β-unsaturated/α-hetero) is 1. The third-order valence-corrected chi connectivity index (χ3v) is 4.66. The molecule has 1 unspecified atom stereocenters. The molecule has 1 N–H and O–H groups in total. The van der Waals surface area contributed by atoms with Gasteiger partial charge >= 0.3 is 0 Å². The second kappa shape index (κ2) is 9.34. The Morgan fingerprint density at radius 3 is 2.72 bits per heavy atom. The fourth-order valence-electron chi connectivity index (χ4n) is 3.29. The minimum absolute atomic E-state index is 0.0340. The Morgan fingerprint density at radius 2 is 2.03 bits per heavy atom. The summed E-state index contributed by atoms with van der Waals surface area (Å²) in [6.45, 7) is 3.03. The summed E-state index contributed by atoms with van der Waals surface area (Å²) in [4.78, 5) is 31.0. The summed E-state index contributed by atoms with van der Waals surface area (Å²) >= 11 is 0. The second-order valence-electron chi connectivity index (χ2n) is 6.65. The first-order valence-corrected chi connectivity index (χ1v) is 9.49. The van der Waals surface area contributed by atoms with Crippen LogP contribution in [0.15, 0.2) is 54.4 Å². The lowest BCUT2D eigenvalue weighted by Crippen LogP contribution is -2.32. The smallest absolute Gasteiger partial charge is 0.295 e. The number of hydrogen-bond donors (Lipinski definition) is 1. The van der Waals surface area contributed by atoms with Crippen molar-refractivity contribution in [2.45, 2.75) is 19.4 Å². The van der Waals surface area contributed by atoms with Crippen molar-refractivity contribution in [2.75, 3.05) is 26.9 Å². The van der Waals surface area contributed by atoms with Crippen LogP contribution in [-0.2, 0) is 14.3 Å². The van der Waals surface area contributed by atoms with Gasteiger partial charge in [0, 0.05) is 31.6 Å². The minimum Gasteiger partial charge on any atom is -0.507 e. The fraction of sp³-hybridized carbons (Fsp3) is 0.318. The van der Waals surface area contributed by atoms with Crippen LogP contribution in [0.5, 0.6) is 5.75 Å². The maximum absolute atomic E-state index is 12.8. The van der Waals surface area contributed by atoms with Gasteiger partial charge in [-0.1, -0.05) is 25.1 Å². The van der Waals surface area contributed by atoms with Crippen molar-refractivity contribution in [3.05, 3.63) is 65.5 Å². The number of amides is 1. The van der Waals surface area contributed by atoms with Crippen LogP contribution in [0.4, 0.5) is 0 Å². The topological polar surface area (TPSA) is 89.0 Å². The summed E-state index contributed by atoms with van der Waals surface area (Å²) in [6.07, 6.45) is 4.05. The SMILES string of the molecule is CCCOc1cccc(/C(O)=C2/C(=O)C(=O)N(CCOC)C2c2cccnc2)c1. The second-order valence-corrected chi connectivity index (χ2v) is 6.65.